The quantitative estimate of drug-likeness (QED) is 0.482. The van der Waals surface area contributed by atoms with E-state index in [2.05, 4.69) is 35.3 Å². The summed E-state index contributed by atoms with van der Waals surface area (Å²) in [5, 5.41) is 5.62. The molecular formula is C17H20N4O3S. The molecule has 0 fully saturated rings. The van der Waals surface area contributed by atoms with Gasteiger partial charge in [0, 0.05) is 5.69 Å². The molecule has 0 saturated heterocycles. The molecule has 0 atom stereocenters. The second-order valence-electron chi connectivity index (χ2n) is 5.56. The molecule has 1 aromatic carbocycles. The predicted octanol–water partition coefficient (Wildman–Crippen LogP) is 2.15. The van der Waals surface area contributed by atoms with Gasteiger partial charge in [-0.3, -0.25) is 20.4 Å². The highest BCUT2D eigenvalue weighted by atomic mass is 32.1. The van der Waals surface area contributed by atoms with E-state index < -0.39 is 11.8 Å². The van der Waals surface area contributed by atoms with Gasteiger partial charge in [0.2, 0.25) is 0 Å². The summed E-state index contributed by atoms with van der Waals surface area (Å²) < 4.78 is 4.93. The lowest BCUT2D eigenvalue weighted by molar-refractivity contribution is -0.120. The van der Waals surface area contributed by atoms with E-state index in [9.17, 15) is 9.59 Å². The zero-order chi connectivity index (χ0) is 18.2. The highest BCUT2D eigenvalue weighted by molar-refractivity contribution is 7.80. The van der Waals surface area contributed by atoms with Gasteiger partial charge in [-0.05, 0) is 48.0 Å². The number of carbonyl (C=O) groups excluding carboxylic acids is 2. The molecule has 8 heteroatoms. The Morgan fingerprint density at radius 1 is 1.12 bits per heavy atom. The number of hydrazine groups is 1. The summed E-state index contributed by atoms with van der Waals surface area (Å²) in [7, 11) is 0. The van der Waals surface area contributed by atoms with Gasteiger partial charge in [0.25, 0.3) is 11.8 Å². The molecule has 4 N–H and O–H groups in total. The topological polar surface area (TPSA) is 95.4 Å². The van der Waals surface area contributed by atoms with Gasteiger partial charge in [0.05, 0.1) is 12.8 Å². The average Bonchev–Trinajstić information content (AvgIpc) is 3.13. The lowest BCUT2D eigenvalue weighted by Gasteiger charge is -2.12. The highest BCUT2D eigenvalue weighted by Gasteiger charge is 2.10. The van der Waals surface area contributed by atoms with Crippen molar-refractivity contribution in [3.05, 3.63) is 54.0 Å². The van der Waals surface area contributed by atoms with Crippen LogP contribution in [0.2, 0.25) is 0 Å². The van der Waals surface area contributed by atoms with Crippen LogP contribution >= 0.6 is 12.2 Å². The molecule has 7 nitrogen and oxygen atoms in total. The van der Waals surface area contributed by atoms with E-state index in [1.165, 1.54) is 17.9 Å². The number of amides is 2. The van der Waals surface area contributed by atoms with Gasteiger partial charge >= 0.3 is 0 Å². The van der Waals surface area contributed by atoms with Gasteiger partial charge in [0.1, 0.15) is 0 Å². The van der Waals surface area contributed by atoms with Crippen LogP contribution < -0.4 is 21.5 Å². The summed E-state index contributed by atoms with van der Waals surface area (Å²) in [4.78, 5) is 23.3. The molecule has 1 heterocycles. The van der Waals surface area contributed by atoms with E-state index in [-0.39, 0.29) is 17.4 Å². The maximum Gasteiger partial charge on any atom is 0.287 e. The normalized spacial score (nSPS) is 10.2. The summed E-state index contributed by atoms with van der Waals surface area (Å²) in [6.45, 7) is 4.03. The Morgan fingerprint density at radius 2 is 1.84 bits per heavy atom. The van der Waals surface area contributed by atoms with Crippen LogP contribution in [0.3, 0.4) is 0 Å². The first-order chi connectivity index (χ1) is 12.0. The number of hydrogen-bond acceptors (Lipinski definition) is 4. The summed E-state index contributed by atoms with van der Waals surface area (Å²) >= 11 is 5.10. The predicted molar refractivity (Wildman–Crippen MR) is 99.1 cm³/mol. The Kier molecular flexibility index (Phi) is 6.53. The number of thiocarbonyl (C=S) groups is 1. The van der Waals surface area contributed by atoms with Crippen molar-refractivity contribution in [1.82, 2.24) is 16.2 Å². The molecule has 0 saturated carbocycles. The molecule has 132 valence electrons. The van der Waals surface area contributed by atoms with E-state index >= 15 is 0 Å². The first-order valence-electron chi connectivity index (χ1n) is 7.73. The number of carbonyl (C=O) groups is 2. The Labute approximate surface area is 151 Å². The van der Waals surface area contributed by atoms with Gasteiger partial charge in [-0.25, -0.2) is 0 Å². The van der Waals surface area contributed by atoms with Crippen molar-refractivity contribution in [1.29, 1.82) is 0 Å². The van der Waals surface area contributed by atoms with Crippen LogP contribution in [0.15, 0.2) is 47.1 Å². The molecular weight excluding hydrogens is 340 g/mol. The standard InChI is InChI=1S/C17H20N4O3S/c1-11(2)12-5-7-13(8-6-12)19-17(25)21-20-15(22)10-18-16(23)14-4-3-9-24-14/h3-9,11H,10H2,1-2H3,(H,18,23)(H,20,22)(H2,19,21,25). The second kappa shape index (κ2) is 8.84. The van der Waals surface area contributed by atoms with Crippen LogP contribution in [-0.2, 0) is 4.79 Å². The van der Waals surface area contributed by atoms with Crippen LogP contribution in [0.1, 0.15) is 35.9 Å². The Bertz CT molecular complexity index is 727. The van der Waals surface area contributed by atoms with E-state index in [0.29, 0.717) is 5.92 Å². The monoisotopic (exact) mass is 360 g/mol. The molecule has 0 aliphatic heterocycles. The van der Waals surface area contributed by atoms with Crippen molar-refractivity contribution in [3.63, 3.8) is 0 Å². The third kappa shape index (κ3) is 5.92. The van der Waals surface area contributed by atoms with Gasteiger partial charge in [-0.15, -0.1) is 0 Å². The van der Waals surface area contributed by atoms with Crippen LogP contribution in [-0.4, -0.2) is 23.5 Å². The molecule has 0 aliphatic carbocycles. The molecule has 25 heavy (non-hydrogen) atoms. The molecule has 2 aromatic rings. The Hall–Kier alpha value is -2.87. The number of hydrogen-bond donors (Lipinski definition) is 4. The first kappa shape index (κ1) is 18.5. The first-order valence-corrected chi connectivity index (χ1v) is 8.14. The minimum Gasteiger partial charge on any atom is -0.459 e. The van der Waals surface area contributed by atoms with Crippen LogP contribution in [0, 0.1) is 0 Å². The lowest BCUT2D eigenvalue weighted by Crippen LogP contribution is -2.47. The van der Waals surface area contributed by atoms with Gasteiger partial charge in [0.15, 0.2) is 10.9 Å². The Morgan fingerprint density at radius 3 is 2.44 bits per heavy atom. The molecule has 0 bridgehead atoms. The van der Waals surface area contributed by atoms with Gasteiger partial charge in [-0.2, -0.15) is 0 Å². The minimum absolute atomic E-state index is 0.141. The number of rotatable bonds is 5. The fraction of sp³-hybridized carbons (Fsp3) is 0.235. The summed E-state index contributed by atoms with van der Waals surface area (Å²) in [5.74, 6) is -0.317. The highest BCUT2D eigenvalue weighted by Crippen LogP contribution is 2.16. The molecule has 0 unspecified atom stereocenters. The van der Waals surface area contributed by atoms with Crippen molar-refractivity contribution in [2.24, 2.45) is 0 Å². The second-order valence-corrected chi connectivity index (χ2v) is 5.97. The van der Waals surface area contributed by atoms with Crippen molar-refractivity contribution >= 4 is 34.8 Å². The van der Waals surface area contributed by atoms with E-state index in [0.717, 1.165) is 5.69 Å². The number of nitrogens with one attached hydrogen (secondary N) is 4. The van der Waals surface area contributed by atoms with Gasteiger partial charge in [-0.1, -0.05) is 26.0 Å². The maximum atomic E-state index is 11.7. The molecule has 0 aliphatic rings. The fourth-order valence-corrected chi connectivity index (χ4v) is 2.11. The largest absolute Gasteiger partial charge is 0.459 e. The summed E-state index contributed by atoms with van der Waals surface area (Å²) in [5.41, 5.74) is 7.00. The smallest absolute Gasteiger partial charge is 0.287 e. The van der Waals surface area contributed by atoms with Crippen LogP contribution in [0.5, 0.6) is 0 Å². The molecule has 0 radical (unpaired) electrons. The molecule has 1 aromatic heterocycles. The third-order valence-corrected chi connectivity index (χ3v) is 3.51. The van der Waals surface area contributed by atoms with E-state index in [4.69, 9.17) is 16.6 Å². The lowest BCUT2D eigenvalue weighted by atomic mass is 10.0. The number of benzene rings is 1. The van der Waals surface area contributed by atoms with Crippen molar-refractivity contribution in [3.8, 4) is 0 Å². The maximum absolute atomic E-state index is 11.7. The van der Waals surface area contributed by atoms with Gasteiger partial charge < -0.3 is 15.1 Å². The zero-order valence-electron chi connectivity index (χ0n) is 14.0. The summed E-state index contributed by atoms with van der Waals surface area (Å²) in [6.07, 6.45) is 1.38. The van der Waals surface area contributed by atoms with Crippen LogP contribution in [0.25, 0.3) is 0 Å². The Balaban J connectivity index is 1.70. The van der Waals surface area contributed by atoms with E-state index in [1.807, 2.05) is 24.3 Å². The van der Waals surface area contributed by atoms with E-state index in [1.54, 1.807) is 6.07 Å². The van der Waals surface area contributed by atoms with Crippen molar-refractivity contribution < 1.29 is 14.0 Å². The molecule has 0 spiro atoms. The minimum atomic E-state index is -0.467. The molecule has 2 amide bonds. The SMILES string of the molecule is CC(C)c1ccc(NC(=S)NNC(=O)CNC(=O)c2ccco2)cc1. The number of anilines is 1. The van der Waals surface area contributed by atoms with Crippen LogP contribution in [0.4, 0.5) is 5.69 Å². The average molecular weight is 360 g/mol. The fourth-order valence-electron chi connectivity index (χ4n) is 1.94. The van der Waals surface area contributed by atoms with Crippen molar-refractivity contribution in [2.45, 2.75) is 19.8 Å². The zero-order valence-corrected chi connectivity index (χ0v) is 14.8. The molecule has 2 rings (SSSR count). The number of furan rings is 1. The third-order valence-electron chi connectivity index (χ3n) is 3.31. The summed E-state index contributed by atoms with van der Waals surface area (Å²) in [6, 6.07) is 10.9. The van der Waals surface area contributed by atoms with Crippen molar-refractivity contribution in [2.75, 3.05) is 11.9 Å².